The number of hydrogen-bond acceptors (Lipinski definition) is 3. The Morgan fingerprint density at radius 3 is 1.56 bits per heavy atom. The maximum Gasteiger partial charge on any atom is 0.170 e. The standard InChI is InChI=1S/C36H24N2S/c1-2-7-25(8-3-1)27-12-17-29(18-13-27)33-24-34(38-36(37-33)35-11-6-22-39-35)30-19-14-28(15-20-30)32-21-16-26-9-4-5-10-31(26)23-32/h1-24H. The third-order valence-corrected chi connectivity index (χ3v) is 7.88. The van der Waals surface area contributed by atoms with Crippen molar-refractivity contribution in [2.24, 2.45) is 0 Å². The lowest BCUT2D eigenvalue weighted by molar-refractivity contribution is 1.19. The van der Waals surface area contributed by atoms with Crippen molar-refractivity contribution in [3.05, 3.63) is 145 Å². The lowest BCUT2D eigenvalue weighted by Crippen LogP contribution is -1.95. The average molecular weight is 517 g/mol. The van der Waals surface area contributed by atoms with Crippen molar-refractivity contribution in [1.29, 1.82) is 0 Å². The van der Waals surface area contributed by atoms with Gasteiger partial charge in [-0.2, -0.15) is 0 Å². The van der Waals surface area contributed by atoms with Crippen LogP contribution in [0.3, 0.4) is 0 Å². The van der Waals surface area contributed by atoms with Crippen molar-refractivity contribution in [2.75, 3.05) is 0 Å². The fourth-order valence-electron chi connectivity index (χ4n) is 4.93. The second-order valence-electron chi connectivity index (χ2n) is 9.52. The number of rotatable bonds is 5. The van der Waals surface area contributed by atoms with Gasteiger partial charge >= 0.3 is 0 Å². The number of fused-ring (bicyclic) bond motifs is 1. The maximum absolute atomic E-state index is 4.98. The monoisotopic (exact) mass is 516 g/mol. The van der Waals surface area contributed by atoms with Gasteiger partial charge in [-0.25, -0.2) is 9.97 Å². The van der Waals surface area contributed by atoms with Crippen LogP contribution in [0.15, 0.2) is 145 Å². The van der Waals surface area contributed by atoms with E-state index in [2.05, 4.69) is 133 Å². The fourth-order valence-corrected chi connectivity index (χ4v) is 5.58. The highest BCUT2D eigenvalue weighted by Crippen LogP contribution is 2.32. The summed E-state index contributed by atoms with van der Waals surface area (Å²) in [5.41, 5.74) is 8.78. The first-order valence-electron chi connectivity index (χ1n) is 13.0. The van der Waals surface area contributed by atoms with Crippen LogP contribution in [0.25, 0.3) is 66.2 Å². The van der Waals surface area contributed by atoms with Crippen LogP contribution in [0, 0.1) is 0 Å². The Morgan fingerprint density at radius 2 is 0.923 bits per heavy atom. The van der Waals surface area contributed by atoms with Crippen molar-refractivity contribution in [1.82, 2.24) is 9.97 Å². The molecule has 0 aliphatic carbocycles. The van der Waals surface area contributed by atoms with Crippen molar-refractivity contribution < 1.29 is 0 Å². The van der Waals surface area contributed by atoms with Crippen molar-refractivity contribution in [2.45, 2.75) is 0 Å². The van der Waals surface area contributed by atoms with Gasteiger partial charge in [-0.05, 0) is 56.6 Å². The summed E-state index contributed by atoms with van der Waals surface area (Å²) < 4.78 is 0. The van der Waals surface area contributed by atoms with Gasteiger partial charge in [-0.3, -0.25) is 0 Å². The zero-order valence-corrected chi connectivity index (χ0v) is 22.0. The summed E-state index contributed by atoms with van der Waals surface area (Å²) in [6.45, 7) is 0. The van der Waals surface area contributed by atoms with Crippen molar-refractivity contribution >= 4 is 22.1 Å². The van der Waals surface area contributed by atoms with Gasteiger partial charge in [-0.15, -0.1) is 11.3 Å². The smallest absolute Gasteiger partial charge is 0.170 e. The average Bonchev–Trinajstić information content (AvgIpc) is 3.57. The molecule has 3 heteroatoms. The van der Waals surface area contributed by atoms with Gasteiger partial charge in [-0.1, -0.05) is 121 Å². The zero-order valence-electron chi connectivity index (χ0n) is 21.2. The van der Waals surface area contributed by atoms with Crippen LogP contribution in [-0.2, 0) is 0 Å². The van der Waals surface area contributed by atoms with E-state index in [0.29, 0.717) is 0 Å². The minimum absolute atomic E-state index is 0.753. The number of benzene rings is 5. The fraction of sp³-hybridized carbons (Fsp3) is 0. The topological polar surface area (TPSA) is 25.8 Å². The molecule has 39 heavy (non-hydrogen) atoms. The highest BCUT2D eigenvalue weighted by atomic mass is 32.1. The summed E-state index contributed by atoms with van der Waals surface area (Å²) in [6.07, 6.45) is 0. The van der Waals surface area contributed by atoms with E-state index in [4.69, 9.17) is 9.97 Å². The summed E-state index contributed by atoms with van der Waals surface area (Å²) in [6, 6.07) is 49.1. The second kappa shape index (κ2) is 10.1. The second-order valence-corrected chi connectivity index (χ2v) is 10.5. The molecule has 0 aliphatic rings. The Morgan fingerprint density at radius 1 is 0.385 bits per heavy atom. The molecule has 7 rings (SSSR count). The van der Waals surface area contributed by atoms with Gasteiger partial charge in [0.05, 0.1) is 16.3 Å². The van der Waals surface area contributed by atoms with E-state index in [-0.39, 0.29) is 0 Å². The van der Waals surface area contributed by atoms with Crippen LogP contribution in [-0.4, -0.2) is 9.97 Å². The number of aromatic nitrogens is 2. The molecule has 7 aromatic rings. The summed E-state index contributed by atoms with van der Waals surface area (Å²) in [7, 11) is 0. The quantitative estimate of drug-likeness (QED) is 0.227. The third-order valence-electron chi connectivity index (χ3n) is 7.02. The Kier molecular flexibility index (Phi) is 6.04. The van der Waals surface area contributed by atoms with Crippen molar-refractivity contribution in [3.8, 4) is 55.5 Å². The van der Waals surface area contributed by atoms with E-state index in [9.17, 15) is 0 Å². The molecule has 5 aromatic carbocycles. The maximum atomic E-state index is 4.98. The van der Waals surface area contributed by atoms with Crippen LogP contribution in [0.2, 0.25) is 0 Å². The summed E-state index contributed by atoms with van der Waals surface area (Å²) >= 11 is 1.66. The molecule has 0 amide bonds. The lowest BCUT2D eigenvalue weighted by atomic mass is 9.99. The Hall–Kier alpha value is -4.86. The largest absolute Gasteiger partial charge is 0.227 e. The van der Waals surface area contributed by atoms with E-state index >= 15 is 0 Å². The van der Waals surface area contributed by atoms with E-state index < -0.39 is 0 Å². The lowest BCUT2D eigenvalue weighted by Gasteiger charge is -2.10. The van der Waals surface area contributed by atoms with Gasteiger partial charge in [0.1, 0.15) is 0 Å². The minimum atomic E-state index is 0.753. The van der Waals surface area contributed by atoms with E-state index in [0.717, 1.165) is 33.2 Å². The third kappa shape index (κ3) is 4.76. The van der Waals surface area contributed by atoms with Gasteiger partial charge in [0.2, 0.25) is 0 Å². The highest BCUT2D eigenvalue weighted by molar-refractivity contribution is 7.13. The number of thiophene rings is 1. The molecule has 184 valence electrons. The minimum Gasteiger partial charge on any atom is -0.227 e. The molecule has 0 atom stereocenters. The van der Waals surface area contributed by atoms with Crippen molar-refractivity contribution in [3.63, 3.8) is 0 Å². The molecule has 0 unspecified atom stereocenters. The molecule has 0 saturated carbocycles. The van der Waals surface area contributed by atoms with E-state index in [1.165, 1.54) is 33.0 Å². The molecular formula is C36H24N2S. The van der Waals surface area contributed by atoms with Crippen LogP contribution < -0.4 is 0 Å². The first-order valence-corrected chi connectivity index (χ1v) is 13.9. The summed E-state index contributed by atoms with van der Waals surface area (Å²) in [5.74, 6) is 0.753. The zero-order chi connectivity index (χ0) is 26.0. The molecule has 0 saturated heterocycles. The predicted molar refractivity (Wildman–Crippen MR) is 165 cm³/mol. The molecule has 2 heterocycles. The molecule has 0 N–H and O–H groups in total. The summed E-state index contributed by atoms with van der Waals surface area (Å²) in [5, 5.41) is 4.57. The summed E-state index contributed by atoms with van der Waals surface area (Å²) in [4.78, 5) is 11.0. The Bertz CT molecular complexity index is 1870. The van der Waals surface area contributed by atoms with E-state index in [1.54, 1.807) is 11.3 Å². The first kappa shape index (κ1) is 23.3. The molecule has 0 aliphatic heterocycles. The SMILES string of the molecule is c1ccc(-c2ccc(-c3cc(-c4ccc(-c5ccc6ccccc6c5)cc4)nc(-c4cccs4)n3)cc2)cc1. The van der Waals surface area contributed by atoms with Crippen LogP contribution in [0.1, 0.15) is 0 Å². The number of hydrogen-bond donors (Lipinski definition) is 0. The Balaban J connectivity index is 1.26. The van der Waals surface area contributed by atoms with Gasteiger partial charge in [0.25, 0.3) is 0 Å². The Labute approximate surface area is 231 Å². The molecule has 0 radical (unpaired) electrons. The molecule has 2 aromatic heterocycles. The van der Waals surface area contributed by atoms with E-state index in [1.807, 2.05) is 12.1 Å². The van der Waals surface area contributed by atoms with Gasteiger partial charge < -0.3 is 0 Å². The molecule has 0 spiro atoms. The molecular weight excluding hydrogens is 492 g/mol. The normalized spacial score (nSPS) is 11.1. The number of nitrogens with zero attached hydrogens (tertiary/aromatic N) is 2. The highest BCUT2D eigenvalue weighted by Gasteiger charge is 2.12. The molecule has 0 bridgehead atoms. The van der Waals surface area contributed by atoms with Crippen LogP contribution in [0.5, 0.6) is 0 Å². The first-order chi connectivity index (χ1) is 19.3. The predicted octanol–water partition coefficient (Wildman–Crippen LogP) is 10.0. The molecule has 0 fully saturated rings. The van der Waals surface area contributed by atoms with Gasteiger partial charge in [0, 0.05) is 11.1 Å². The van der Waals surface area contributed by atoms with Crippen LogP contribution >= 0.6 is 11.3 Å². The van der Waals surface area contributed by atoms with Crippen LogP contribution in [0.4, 0.5) is 0 Å². The molecule has 2 nitrogen and oxygen atoms in total. The van der Waals surface area contributed by atoms with Gasteiger partial charge in [0.15, 0.2) is 5.82 Å².